The highest BCUT2D eigenvalue weighted by Crippen LogP contribution is 2.35. The molecule has 0 unspecified atom stereocenters. The number of aromatic nitrogens is 2. The molecule has 3 aromatic rings. The smallest absolute Gasteiger partial charge is 0.258 e. The van der Waals surface area contributed by atoms with Crippen LogP contribution in [-0.2, 0) is 10.0 Å². The number of benzene rings is 2. The molecule has 0 radical (unpaired) electrons. The third kappa shape index (κ3) is 3.21. The average Bonchev–Trinajstić information content (AvgIpc) is 3.31. The minimum Gasteiger partial charge on any atom is -0.454 e. The lowest BCUT2D eigenvalue weighted by Gasteiger charge is -2.05. The monoisotopic (exact) mass is 373 g/mol. The van der Waals surface area contributed by atoms with E-state index in [0.717, 1.165) is 5.56 Å². The largest absolute Gasteiger partial charge is 0.454 e. The van der Waals surface area contributed by atoms with E-state index in [4.69, 9.17) is 14.0 Å². The van der Waals surface area contributed by atoms with Crippen molar-refractivity contribution in [3.63, 3.8) is 0 Å². The lowest BCUT2D eigenvalue weighted by Crippen LogP contribution is -2.14. The van der Waals surface area contributed by atoms with Crippen LogP contribution >= 0.6 is 0 Å². The van der Waals surface area contributed by atoms with Crippen LogP contribution in [0.5, 0.6) is 11.5 Å². The van der Waals surface area contributed by atoms with E-state index < -0.39 is 10.0 Å². The van der Waals surface area contributed by atoms with Gasteiger partial charge in [0.05, 0.1) is 5.75 Å². The van der Waals surface area contributed by atoms with Crippen molar-refractivity contribution in [1.82, 2.24) is 10.1 Å². The standard InChI is InChI=1S/C17H15N3O5S/c1-2-26(21,22)20-13-6-3-11(4-7-13)16-18-17(25-19-16)12-5-8-14-15(9-12)24-10-23-14/h3-9,20H,2,10H2,1H3. The maximum absolute atomic E-state index is 11.6. The van der Waals surface area contributed by atoms with Crippen LogP contribution in [0.25, 0.3) is 22.8 Å². The fourth-order valence-corrected chi connectivity index (χ4v) is 3.07. The Bertz CT molecular complexity index is 1040. The summed E-state index contributed by atoms with van der Waals surface area (Å²) >= 11 is 0. The fourth-order valence-electron chi connectivity index (χ4n) is 2.43. The van der Waals surface area contributed by atoms with Crippen LogP contribution in [-0.4, -0.2) is 31.1 Å². The molecule has 1 N–H and O–H groups in total. The maximum atomic E-state index is 11.6. The summed E-state index contributed by atoms with van der Waals surface area (Å²) in [5.41, 5.74) is 1.91. The number of hydrogen-bond donors (Lipinski definition) is 1. The zero-order chi connectivity index (χ0) is 18.1. The second kappa shape index (κ2) is 6.34. The molecule has 0 saturated carbocycles. The summed E-state index contributed by atoms with van der Waals surface area (Å²) in [6, 6.07) is 12.1. The van der Waals surface area contributed by atoms with Gasteiger partial charge in [0, 0.05) is 16.8 Å². The van der Waals surface area contributed by atoms with Crippen molar-refractivity contribution in [1.29, 1.82) is 0 Å². The lowest BCUT2D eigenvalue weighted by molar-refractivity contribution is 0.174. The van der Waals surface area contributed by atoms with E-state index in [1.807, 2.05) is 6.07 Å². The number of anilines is 1. The zero-order valence-electron chi connectivity index (χ0n) is 13.8. The molecule has 0 spiro atoms. The van der Waals surface area contributed by atoms with Crippen LogP contribution in [0.15, 0.2) is 47.0 Å². The maximum Gasteiger partial charge on any atom is 0.258 e. The first kappa shape index (κ1) is 16.4. The number of rotatable bonds is 5. The van der Waals surface area contributed by atoms with E-state index in [0.29, 0.717) is 34.5 Å². The van der Waals surface area contributed by atoms with E-state index in [1.54, 1.807) is 43.3 Å². The molecule has 2 aromatic carbocycles. The second-order valence-electron chi connectivity index (χ2n) is 5.57. The Hall–Kier alpha value is -3.07. The van der Waals surface area contributed by atoms with Crippen molar-refractivity contribution in [2.75, 3.05) is 17.3 Å². The highest BCUT2D eigenvalue weighted by atomic mass is 32.2. The van der Waals surface area contributed by atoms with Gasteiger partial charge in [-0.2, -0.15) is 4.98 Å². The highest BCUT2D eigenvalue weighted by molar-refractivity contribution is 7.92. The van der Waals surface area contributed by atoms with Gasteiger partial charge in [-0.05, 0) is 49.4 Å². The Morgan fingerprint density at radius 2 is 1.77 bits per heavy atom. The van der Waals surface area contributed by atoms with Gasteiger partial charge in [0.25, 0.3) is 5.89 Å². The first-order valence-electron chi connectivity index (χ1n) is 7.89. The number of nitrogens with zero attached hydrogens (tertiary/aromatic N) is 2. The zero-order valence-corrected chi connectivity index (χ0v) is 14.6. The number of sulfonamides is 1. The molecule has 0 bridgehead atoms. The van der Waals surface area contributed by atoms with Crippen molar-refractivity contribution in [2.24, 2.45) is 0 Å². The summed E-state index contributed by atoms with van der Waals surface area (Å²) in [4.78, 5) is 4.38. The molecular weight excluding hydrogens is 358 g/mol. The summed E-state index contributed by atoms with van der Waals surface area (Å²) in [6.07, 6.45) is 0. The van der Waals surface area contributed by atoms with Crippen LogP contribution in [0.1, 0.15) is 6.92 Å². The molecule has 0 saturated heterocycles. The molecular formula is C17H15N3O5S. The van der Waals surface area contributed by atoms with E-state index in [-0.39, 0.29) is 12.5 Å². The molecule has 9 heteroatoms. The molecule has 26 heavy (non-hydrogen) atoms. The minimum absolute atomic E-state index is 0.0124. The first-order valence-corrected chi connectivity index (χ1v) is 9.54. The van der Waals surface area contributed by atoms with Crippen molar-refractivity contribution in [3.05, 3.63) is 42.5 Å². The number of nitrogens with one attached hydrogen (secondary N) is 1. The van der Waals surface area contributed by atoms with Crippen LogP contribution in [0.3, 0.4) is 0 Å². The molecule has 0 amide bonds. The summed E-state index contributed by atoms with van der Waals surface area (Å²) in [5, 5.41) is 3.98. The lowest BCUT2D eigenvalue weighted by atomic mass is 10.2. The number of ether oxygens (including phenoxy) is 2. The van der Waals surface area contributed by atoms with Gasteiger partial charge in [0.1, 0.15) is 0 Å². The molecule has 2 heterocycles. The summed E-state index contributed by atoms with van der Waals surface area (Å²) < 4.78 is 41.6. The quantitative estimate of drug-likeness (QED) is 0.733. The molecule has 1 aliphatic rings. The molecule has 1 aliphatic heterocycles. The fraction of sp³-hybridized carbons (Fsp3) is 0.176. The average molecular weight is 373 g/mol. The van der Waals surface area contributed by atoms with Gasteiger partial charge in [0.2, 0.25) is 22.6 Å². The molecule has 4 rings (SSSR count). The summed E-state index contributed by atoms with van der Waals surface area (Å²) in [7, 11) is -3.31. The topological polar surface area (TPSA) is 104 Å². The van der Waals surface area contributed by atoms with Crippen LogP contribution in [0.2, 0.25) is 0 Å². The molecule has 0 aliphatic carbocycles. The van der Waals surface area contributed by atoms with Gasteiger partial charge < -0.3 is 14.0 Å². The molecule has 0 atom stereocenters. The van der Waals surface area contributed by atoms with E-state index in [2.05, 4.69) is 14.9 Å². The Morgan fingerprint density at radius 1 is 1.04 bits per heavy atom. The molecule has 8 nitrogen and oxygen atoms in total. The summed E-state index contributed by atoms with van der Waals surface area (Å²) in [5.74, 6) is 2.09. The number of fused-ring (bicyclic) bond motifs is 1. The predicted octanol–water partition coefficient (Wildman–Crippen LogP) is 2.89. The van der Waals surface area contributed by atoms with E-state index >= 15 is 0 Å². The van der Waals surface area contributed by atoms with Crippen molar-refractivity contribution >= 4 is 15.7 Å². The van der Waals surface area contributed by atoms with E-state index in [1.165, 1.54) is 0 Å². The normalized spacial score (nSPS) is 13.0. The Morgan fingerprint density at radius 3 is 2.54 bits per heavy atom. The van der Waals surface area contributed by atoms with Gasteiger partial charge in [-0.3, -0.25) is 4.72 Å². The Kier molecular flexibility index (Phi) is 4.00. The minimum atomic E-state index is -3.31. The molecule has 134 valence electrons. The molecule has 1 aromatic heterocycles. The first-order chi connectivity index (χ1) is 12.5. The van der Waals surface area contributed by atoms with Gasteiger partial charge in [-0.15, -0.1) is 0 Å². The predicted molar refractivity (Wildman–Crippen MR) is 94.4 cm³/mol. The summed E-state index contributed by atoms with van der Waals surface area (Å²) in [6.45, 7) is 1.77. The Labute approximate surface area is 149 Å². The SMILES string of the molecule is CCS(=O)(=O)Nc1ccc(-c2noc(-c3ccc4c(c3)OCO4)n2)cc1. The van der Waals surface area contributed by atoms with Gasteiger partial charge in [-0.1, -0.05) is 5.16 Å². The van der Waals surface area contributed by atoms with Crippen LogP contribution < -0.4 is 14.2 Å². The van der Waals surface area contributed by atoms with Crippen LogP contribution in [0, 0.1) is 0 Å². The highest BCUT2D eigenvalue weighted by Gasteiger charge is 2.17. The van der Waals surface area contributed by atoms with Crippen LogP contribution in [0.4, 0.5) is 5.69 Å². The van der Waals surface area contributed by atoms with Gasteiger partial charge >= 0.3 is 0 Å². The Balaban J connectivity index is 1.56. The van der Waals surface area contributed by atoms with Crippen molar-refractivity contribution < 1.29 is 22.4 Å². The second-order valence-corrected chi connectivity index (χ2v) is 7.58. The van der Waals surface area contributed by atoms with Gasteiger partial charge in [0.15, 0.2) is 11.5 Å². The van der Waals surface area contributed by atoms with Gasteiger partial charge in [-0.25, -0.2) is 8.42 Å². The van der Waals surface area contributed by atoms with Crippen molar-refractivity contribution in [2.45, 2.75) is 6.92 Å². The van der Waals surface area contributed by atoms with E-state index in [9.17, 15) is 8.42 Å². The number of hydrogen-bond acceptors (Lipinski definition) is 7. The third-order valence-corrected chi connectivity index (χ3v) is 5.15. The third-order valence-electron chi connectivity index (χ3n) is 3.84. The molecule has 0 fully saturated rings. The van der Waals surface area contributed by atoms with Crippen molar-refractivity contribution in [3.8, 4) is 34.3 Å².